The molecule has 0 aliphatic heterocycles. The van der Waals surface area contributed by atoms with E-state index in [2.05, 4.69) is 0 Å². The van der Waals surface area contributed by atoms with E-state index in [9.17, 15) is 23.7 Å². The molecule has 0 spiro atoms. The highest BCUT2D eigenvalue weighted by Gasteiger charge is 2.32. The van der Waals surface area contributed by atoms with Gasteiger partial charge in [0.1, 0.15) is 0 Å². The first kappa shape index (κ1) is 16.7. The van der Waals surface area contributed by atoms with Gasteiger partial charge >= 0.3 is 0 Å². The van der Waals surface area contributed by atoms with Crippen molar-refractivity contribution in [1.29, 1.82) is 0 Å². The Morgan fingerprint density at radius 3 is 2.35 bits per heavy atom. The normalized spacial score (nSPS) is 13.1. The lowest BCUT2D eigenvalue weighted by atomic mass is 9.94. The largest absolute Gasteiger partial charge is 0.772 e. The molecule has 0 saturated carbocycles. The Kier molecular flexibility index (Phi) is 5.01. The number of hydrogen-bond acceptors (Lipinski definition) is 5. The van der Waals surface area contributed by atoms with Crippen molar-refractivity contribution >= 4 is 33.6 Å². The van der Waals surface area contributed by atoms with Crippen molar-refractivity contribution in [3.05, 3.63) is 38.9 Å². The first-order valence-electron chi connectivity index (χ1n) is 5.73. The molecule has 110 valence electrons. The maximum absolute atomic E-state index is 11.3. The summed E-state index contributed by atoms with van der Waals surface area (Å²) in [5, 5.41) is 10.3. The first-order chi connectivity index (χ1) is 9.12. The molecule has 0 heterocycles. The average Bonchev–Trinajstić information content (AvgIpc) is 2.36. The van der Waals surface area contributed by atoms with Crippen molar-refractivity contribution < 1.29 is 18.5 Å². The number of nitro benzene ring substituents is 1. The van der Waals surface area contributed by atoms with E-state index in [1.165, 1.54) is 19.9 Å². The molecular formula is C12H13ClNO5S-. The van der Waals surface area contributed by atoms with Crippen LogP contribution in [-0.2, 0) is 22.2 Å². The zero-order valence-electron chi connectivity index (χ0n) is 11.1. The van der Waals surface area contributed by atoms with Crippen LogP contribution in [-0.4, -0.2) is 18.9 Å². The molecule has 0 fully saturated rings. The smallest absolute Gasteiger partial charge is 0.274 e. The third-order valence-electron chi connectivity index (χ3n) is 3.08. The molecule has 1 rings (SSSR count). The second-order valence-corrected chi connectivity index (χ2v) is 6.49. The van der Waals surface area contributed by atoms with Gasteiger partial charge in [-0.05, 0) is 54.6 Å². The van der Waals surface area contributed by atoms with Crippen LogP contribution in [0.3, 0.4) is 0 Å². The minimum absolute atomic E-state index is 0.0251. The number of benzene rings is 1. The van der Waals surface area contributed by atoms with Crippen molar-refractivity contribution in [2.24, 2.45) is 0 Å². The van der Waals surface area contributed by atoms with E-state index >= 15 is 0 Å². The summed E-state index contributed by atoms with van der Waals surface area (Å²) in [5.74, 6) is 0. The van der Waals surface area contributed by atoms with E-state index in [0.717, 1.165) is 6.07 Å². The van der Waals surface area contributed by atoms with Gasteiger partial charge in [-0.3, -0.25) is 19.1 Å². The van der Waals surface area contributed by atoms with Crippen molar-refractivity contribution in [3.63, 3.8) is 0 Å². The summed E-state index contributed by atoms with van der Waals surface area (Å²) in [6, 6.07) is 2.40. The zero-order valence-corrected chi connectivity index (χ0v) is 12.7. The molecule has 0 aliphatic carbocycles. The third kappa shape index (κ3) is 3.05. The van der Waals surface area contributed by atoms with Crippen molar-refractivity contribution in [2.75, 3.05) is 0 Å². The molecule has 1 aromatic rings. The highest BCUT2D eigenvalue weighted by atomic mass is 35.5. The fraction of sp³-hybridized carbons (Fsp3) is 0.417. The van der Waals surface area contributed by atoms with E-state index in [0.29, 0.717) is 12.0 Å². The number of hydrogen-bond donors (Lipinski definition) is 0. The quantitative estimate of drug-likeness (QED) is 0.359. The second kappa shape index (κ2) is 5.99. The maximum atomic E-state index is 11.3. The molecule has 1 aromatic carbocycles. The van der Waals surface area contributed by atoms with Gasteiger partial charge in [0, 0.05) is 17.2 Å². The van der Waals surface area contributed by atoms with Gasteiger partial charge in [-0.2, -0.15) is 0 Å². The number of carbonyl (C=O) groups excluding carboxylic acids is 1. The van der Waals surface area contributed by atoms with Crippen LogP contribution >= 0.6 is 11.6 Å². The van der Waals surface area contributed by atoms with Gasteiger partial charge in [-0.15, -0.1) is 0 Å². The molecule has 0 aliphatic rings. The molecule has 0 bridgehead atoms. The van der Waals surface area contributed by atoms with Gasteiger partial charge in [0.2, 0.25) is 0 Å². The molecule has 8 heteroatoms. The van der Waals surface area contributed by atoms with Crippen LogP contribution in [0.15, 0.2) is 12.1 Å². The number of halogens is 1. The lowest BCUT2D eigenvalue weighted by Gasteiger charge is -2.28. The SMILES string of the molecule is CCc1cc(C(C)(C)S(=O)[O-])c([N+](=O)[O-])cc1C(=O)Cl. The lowest BCUT2D eigenvalue weighted by molar-refractivity contribution is -0.385. The van der Waals surface area contributed by atoms with Crippen LogP contribution in [0.2, 0.25) is 0 Å². The Hall–Kier alpha value is -1.31. The zero-order chi connectivity index (χ0) is 15.7. The molecule has 0 saturated heterocycles. The van der Waals surface area contributed by atoms with Gasteiger partial charge in [0.25, 0.3) is 10.9 Å². The molecule has 1 atom stereocenters. The van der Waals surface area contributed by atoms with E-state index < -0.39 is 31.7 Å². The van der Waals surface area contributed by atoms with Gasteiger partial charge in [-0.1, -0.05) is 6.92 Å². The Morgan fingerprint density at radius 2 is 2.00 bits per heavy atom. The predicted molar refractivity (Wildman–Crippen MR) is 74.6 cm³/mol. The molecule has 0 amide bonds. The first-order valence-corrected chi connectivity index (χ1v) is 7.19. The topological polar surface area (TPSA) is 100 Å². The molecule has 6 nitrogen and oxygen atoms in total. The minimum Gasteiger partial charge on any atom is -0.772 e. The van der Waals surface area contributed by atoms with E-state index in [1.807, 2.05) is 0 Å². The maximum Gasteiger partial charge on any atom is 0.274 e. The van der Waals surface area contributed by atoms with Crippen molar-refractivity contribution in [3.8, 4) is 0 Å². The summed E-state index contributed by atoms with van der Waals surface area (Å²) in [6.07, 6.45) is 0.403. The monoisotopic (exact) mass is 318 g/mol. The van der Waals surface area contributed by atoms with Crippen LogP contribution in [0, 0.1) is 10.1 Å². The summed E-state index contributed by atoms with van der Waals surface area (Å²) < 4.78 is 21.2. The summed E-state index contributed by atoms with van der Waals surface area (Å²) in [6.45, 7) is 4.47. The summed E-state index contributed by atoms with van der Waals surface area (Å²) >= 11 is 2.86. The van der Waals surface area contributed by atoms with Crippen LogP contribution in [0.25, 0.3) is 0 Å². The summed E-state index contributed by atoms with van der Waals surface area (Å²) in [4.78, 5) is 21.7. The average molecular weight is 319 g/mol. The predicted octanol–water partition coefficient (Wildman–Crippen LogP) is 2.65. The number of nitrogens with zero attached hydrogens (tertiary/aromatic N) is 1. The van der Waals surface area contributed by atoms with Gasteiger partial charge in [0.05, 0.1) is 9.67 Å². The van der Waals surface area contributed by atoms with Crippen LogP contribution in [0.5, 0.6) is 0 Å². The molecule has 20 heavy (non-hydrogen) atoms. The molecule has 0 N–H and O–H groups in total. The highest BCUT2D eigenvalue weighted by Crippen LogP contribution is 2.36. The molecule has 1 unspecified atom stereocenters. The number of nitro groups is 1. The number of rotatable bonds is 5. The fourth-order valence-corrected chi connectivity index (χ4v) is 2.35. The van der Waals surface area contributed by atoms with E-state index in [1.54, 1.807) is 6.92 Å². The number of carbonyl (C=O) groups is 1. The van der Waals surface area contributed by atoms with Crippen LogP contribution in [0.1, 0.15) is 42.3 Å². The Morgan fingerprint density at radius 1 is 1.45 bits per heavy atom. The number of aryl methyl sites for hydroxylation is 1. The van der Waals surface area contributed by atoms with Crippen LogP contribution in [0.4, 0.5) is 5.69 Å². The van der Waals surface area contributed by atoms with Crippen molar-refractivity contribution in [2.45, 2.75) is 31.9 Å². The minimum atomic E-state index is -2.55. The van der Waals surface area contributed by atoms with E-state index in [4.69, 9.17) is 11.6 Å². The Labute approximate surface area is 123 Å². The second-order valence-electron chi connectivity index (χ2n) is 4.66. The van der Waals surface area contributed by atoms with Gasteiger partial charge < -0.3 is 4.55 Å². The van der Waals surface area contributed by atoms with Gasteiger partial charge in [-0.25, -0.2) is 0 Å². The van der Waals surface area contributed by atoms with Crippen LogP contribution < -0.4 is 0 Å². The highest BCUT2D eigenvalue weighted by molar-refractivity contribution is 7.80. The summed E-state index contributed by atoms with van der Waals surface area (Å²) in [7, 11) is 0. The summed E-state index contributed by atoms with van der Waals surface area (Å²) in [5.41, 5.74) is 0.107. The Balaban J connectivity index is 3.72. The molecule has 0 aromatic heterocycles. The lowest BCUT2D eigenvalue weighted by Crippen LogP contribution is -2.25. The van der Waals surface area contributed by atoms with Crippen molar-refractivity contribution in [1.82, 2.24) is 0 Å². The van der Waals surface area contributed by atoms with E-state index in [-0.39, 0.29) is 11.1 Å². The fourth-order valence-electron chi connectivity index (χ4n) is 1.83. The molecule has 0 radical (unpaired) electrons. The Bertz CT molecular complexity index is 600. The molecular weight excluding hydrogens is 306 g/mol. The van der Waals surface area contributed by atoms with Gasteiger partial charge in [0.15, 0.2) is 0 Å². The third-order valence-corrected chi connectivity index (χ3v) is 4.33. The standard InChI is InChI=1S/C12H14ClNO5S/c1-4-7-5-9(12(2,3)20(18)19)10(14(16)17)6-8(7)11(13)15/h5-6H,4H2,1-3H3,(H,18,19)/p-1.